The first-order valence-electron chi connectivity index (χ1n) is 8.91. The van der Waals surface area contributed by atoms with E-state index < -0.39 is 11.5 Å². The van der Waals surface area contributed by atoms with Crippen LogP contribution in [-0.4, -0.2) is 36.7 Å². The van der Waals surface area contributed by atoms with Gasteiger partial charge in [-0.2, -0.15) is 0 Å². The summed E-state index contributed by atoms with van der Waals surface area (Å²) in [6, 6.07) is 12.1. The quantitative estimate of drug-likeness (QED) is 0.490. The summed E-state index contributed by atoms with van der Waals surface area (Å²) in [5.74, 6) is -1.32. The van der Waals surface area contributed by atoms with Gasteiger partial charge in [-0.15, -0.1) is 5.10 Å². The standard InChI is InChI=1S/C20H15FN6O3/c1-11(28)13-4-8-15(9-5-13)22-20(30)17-23-18-16(19(29)24-17)25-26-27(18)10-12-2-6-14(21)7-3-12/h2-9H,10H2,1H3,(H,22,30)(H,23,24,29). The first kappa shape index (κ1) is 19.1. The fourth-order valence-electron chi connectivity index (χ4n) is 2.82. The van der Waals surface area contributed by atoms with E-state index >= 15 is 0 Å². The van der Waals surface area contributed by atoms with Crippen molar-refractivity contribution in [2.24, 2.45) is 0 Å². The molecule has 0 fully saturated rings. The zero-order valence-electron chi connectivity index (χ0n) is 15.7. The number of amides is 1. The Morgan fingerprint density at radius 3 is 2.47 bits per heavy atom. The predicted molar refractivity (Wildman–Crippen MR) is 106 cm³/mol. The molecule has 4 aromatic rings. The van der Waals surface area contributed by atoms with Gasteiger partial charge in [-0.25, -0.2) is 14.1 Å². The van der Waals surface area contributed by atoms with Crippen molar-refractivity contribution in [2.75, 3.05) is 5.32 Å². The summed E-state index contributed by atoms with van der Waals surface area (Å²) in [5.41, 5.74) is 1.17. The molecule has 10 heteroatoms. The van der Waals surface area contributed by atoms with Crippen molar-refractivity contribution in [1.82, 2.24) is 25.0 Å². The highest BCUT2D eigenvalue weighted by atomic mass is 19.1. The molecule has 9 nitrogen and oxygen atoms in total. The molecule has 0 bridgehead atoms. The molecule has 0 radical (unpaired) electrons. The molecule has 0 unspecified atom stereocenters. The number of hydrogen-bond donors (Lipinski definition) is 2. The minimum Gasteiger partial charge on any atom is -0.319 e. The van der Waals surface area contributed by atoms with Gasteiger partial charge in [0.2, 0.25) is 5.82 Å². The number of aromatic amines is 1. The SMILES string of the molecule is CC(=O)c1ccc(NC(=O)c2nc3c(nnn3Cc3ccc(F)cc3)c(=O)[nH]2)cc1. The Morgan fingerprint density at radius 2 is 1.80 bits per heavy atom. The molecule has 0 saturated carbocycles. The van der Waals surface area contributed by atoms with Crippen LogP contribution in [0, 0.1) is 5.82 Å². The average molecular weight is 406 g/mol. The smallest absolute Gasteiger partial charge is 0.291 e. The number of halogens is 1. The highest BCUT2D eigenvalue weighted by Gasteiger charge is 2.17. The van der Waals surface area contributed by atoms with E-state index in [0.29, 0.717) is 11.3 Å². The number of rotatable bonds is 5. The minimum atomic E-state index is -0.640. The fourth-order valence-corrected chi connectivity index (χ4v) is 2.82. The molecule has 0 spiro atoms. The maximum Gasteiger partial charge on any atom is 0.291 e. The van der Waals surface area contributed by atoms with Crippen LogP contribution >= 0.6 is 0 Å². The second-order valence-corrected chi connectivity index (χ2v) is 6.55. The summed E-state index contributed by atoms with van der Waals surface area (Å²) in [4.78, 5) is 42.8. The Bertz CT molecular complexity index is 1310. The number of hydrogen-bond acceptors (Lipinski definition) is 6. The summed E-state index contributed by atoms with van der Waals surface area (Å²) in [5, 5.41) is 10.3. The van der Waals surface area contributed by atoms with Crippen LogP contribution in [0.4, 0.5) is 10.1 Å². The third kappa shape index (κ3) is 3.83. The maximum absolute atomic E-state index is 13.1. The zero-order valence-corrected chi connectivity index (χ0v) is 15.7. The first-order valence-corrected chi connectivity index (χ1v) is 8.91. The van der Waals surface area contributed by atoms with Crippen molar-refractivity contribution < 1.29 is 14.0 Å². The lowest BCUT2D eigenvalue weighted by Gasteiger charge is -2.06. The summed E-state index contributed by atoms with van der Waals surface area (Å²) in [6.45, 7) is 1.64. The van der Waals surface area contributed by atoms with E-state index in [4.69, 9.17) is 0 Å². The zero-order chi connectivity index (χ0) is 21.3. The lowest BCUT2D eigenvalue weighted by Crippen LogP contribution is -2.21. The summed E-state index contributed by atoms with van der Waals surface area (Å²) in [7, 11) is 0. The Labute approximate surface area is 168 Å². The number of ketones is 1. The van der Waals surface area contributed by atoms with Gasteiger partial charge in [0.15, 0.2) is 16.9 Å². The number of aromatic nitrogens is 5. The van der Waals surface area contributed by atoms with Gasteiger partial charge in [0.25, 0.3) is 11.5 Å². The molecule has 2 aromatic carbocycles. The number of nitrogens with one attached hydrogen (secondary N) is 2. The number of Topliss-reactive ketones (excluding diaryl/α,β-unsaturated/α-hetero) is 1. The largest absolute Gasteiger partial charge is 0.319 e. The van der Waals surface area contributed by atoms with E-state index in [1.807, 2.05) is 0 Å². The monoisotopic (exact) mass is 406 g/mol. The van der Waals surface area contributed by atoms with Crippen LogP contribution in [0.1, 0.15) is 33.5 Å². The molecule has 2 heterocycles. The lowest BCUT2D eigenvalue weighted by atomic mass is 10.1. The molecule has 150 valence electrons. The van der Waals surface area contributed by atoms with Crippen molar-refractivity contribution in [3.63, 3.8) is 0 Å². The van der Waals surface area contributed by atoms with Gasteiger partial charge in [0.1, 0.15) is 5.82 Å². The van der Waals surface area contributed by atoms with Crippen LogP contribution in [0.25, 0.3) is 11.2 Å². The van der Waals surface area contributed by atoms with Gasteiger partial charge >= 0.3 is 0 Å². The number of carbonyl (C=O) groups is 2. The number of nitrogens with zero attached hydrogens (tertiary/aromatic N) is 4. The van der Waals surface area contributed by atoms with Crippen molar-refractivity contribution in [2.45, 2.75) is 13.5 Å². The van der Waals surface area contributed by atoms with E-state index in [-0.39, 0.29) is 35.1 Å². The summed E-state index contributed by atoms with van der Waals surface area (Å²) < 4.78 is 14.5. The maximum atomic E-state index is 13.1. The van der Waals surface area contributed by atoms with Crippen LogP contribution in [-0.2, 0) is 6.54 Å². The predicted octanol–water partition coefficient (Wildman–Crippen LogP) is 2.16. The van der Waals surface area contributed by atoms with Crippen LogP contribution in [0.5, 0.6) is 0 Å². The molecule has 1 amide bonds. The van der Waals surface area contributed by atoms with Crippen LogP contribution in [0.3, 0.4) is 0 Å². The lowest BCUT2D eigenvalue weighted by molar-refractivity contribution is 0.101. The molecule has 0 aliphatic rings. The van der Waals surface area contributed by atoms with Crippen molar-refractivity contribution in [1.29, 1.82) is 0 Å². The third-order valence-electron chi connectivity index (χ3n) is 4.38. The number of H-pyrrole nitrogens is 1. The number of anilines is 1. The Morgan fingerprint density at radius 1 is 1.10 bits per heavy atom. The molecule has 0 aliphatic heterocycles. The summed E-state index contributed by atoms with van der Waals surface area (Å²) in [6.07, 6.45) is 0. The molecule has 4 rings (SSSR count). The van der Waals surface area contributed by atoms with Crippen LogP contribution in [0.15, 0.2) is 53.3 Å². The molecule has 30 heavy (non-hydrogen) atoms. The van der Waals surface area contributed by atoms with Crippen LogP contribution in [0.2, 0.25) is 0 Å². The van der Waals surface area contributed by atoms with Gasteiger partial charge in [-0.05, 0) is 48.9 Å². The molecule has 2 aromatic heterocycles. The van der Waals surface area contributed by atoms with Gasteiger partial charge in [0, 0.05) is 11.3 Å². The molecule has 2 N–H and O–H groups in total. The van der Waals surface area contributed by atoms with Crippen molar-refractivity contribution >= 4 is 28.5 Å². The second kappa shape index (κ2) is 7.66. The first-order chi connectivity index (χ1) is 14.4. The van der Waals surface area contributed by atoms with Gasteiger partial charge in [-0.1, -0.05) is 17.3 Å². The van der Waals surface area contributed by atoms with E-state index in [2.05, 4.69) is 25.6 Å². The molecule has 0 aliphatic carbocycles. The van der Waals surface area contributed by atoms with E-state index in [1.54, 1.807) is 36.4 Å². The molecule has 0 saturated heterocycles. The Hall–Kier alpha value is -4.21. The summed E-state index contributed by atoms with van der Waals surface area (Å²) >= 11 is 0. The molecular formula is C20H15FN6O3. The highest BCUT2D eigenvalue weighted by Crippen LogP contribution is 2.12. The van der Waals surface area contributed by atoms with Crippen molar-refractivity contribution in [3.05, 3.63) is 81.7 Å². The van der Waals surface area contributed by atoms with E-state index in [1.165, 1.54) is 23.7 Å². The Balaban J connectivity index is 1.62. The number of fused-ring (bicyclic) bond motifs is 1. The van der Waals surface area contributed by atoms with E-state index in [9.17, 15) is 18.8 Å². The minimum absolute atomic E-state index is 0.0144. The van der Waals surface area contributed by atoms with Gasteiger partial charge in [0.05, 0.1) is 6.54 Å². The average Bonchev–Trinajstić information content (AvgIpc) is 3.13. The number of carbonyl (C=O) groups excluding carboxylic acids is 2. The second-order valence-electron chi connectivity index (χ2n) is 6.55. The number of benzene rings is 2. The highest BCUT2D eigenvalue weighted by molar-refractivity contribution is 6.02. The molecular weight excluding hydrogens is 391 g/mol. The topological polar surface area (TPSA) is 123 Å². The Kier molecular flexibility index (Phi) is 4.88. The van der Waals surface area contributed by atoms with Gasteiger partial charge in [-0.3, -0.25) is 14.4 Å². The fraction of sp³-hybridized carbons (Fsp3) is 0.100. The van der Waals surface area contributed by atoms with Crippen molar-refractivity contribution in [3.8, 4) is 0 Å². The van der Waals surface area contributed by atoms with Gasteiger partial charge < -0.3 is 10.3 Å². The van der Waals surface area contributed by atoms with E-state index in [0.717, 1.165) is 5.56 Å². The molecule has 0 atom stereocenters. The normalized spacial score (nSPS) is 10.9. The van der Waals surface area contributed by atoms with Crippen LogP contribution < -0.4 is 10.9 Å². The third-order valence-corrected chi connectivity index (χ3v) is 4.38.